The van der Waals surface area contributed by atoms with Crippen molar-refractivity contribution in [3.05, 3.63) is 29.3 Å². The summed E-state index contributed by atoms with van der Waals surface area (Å²) in [6.07, 6.45) is 0.502. The number of benzene rings is 1. The van der Waals surface area contributed by atoms with Gasteiger partial charge in [0, 0.05) is 31.9 Å². The highest BCUT2D eigenvalue weighted by Crippen LogP contribution is 2.32. The molecule has 1 aromatic rings. The Morgan fingerprint density at radius 1 is 1.33 bits per heavy atom. The van der Waals surface area contributed by atoms with E-state index in [0.29, 0.717) is 13.0 Å². The predicted octanol–water partition coefficient (Wildman–Crippen LogP) is 1.15. The minimum Gasteiger partial charge on any atom is -0.398 e. The Morgan fingerprint density at radius 3 is 2.57 bits per heavy atom. The highest BCUT2D eigenvalue weighted by molar-refractivity contribution is 5.99. The summed E-state index contributed by atoms with van der Waals surface area (Å²) in [6.45, 7) is 2.33. The molecule has 1 atom stereocenters. The molecule has 2 amide bonds. The van der Waals surface area contributed by atoms with Gasteiger partial charge in [0.2, 0.25) is 5.91 Å². The number of nitrogen functional groups attached to an aromatic ring is 1. The number of nitrogens with two attached hydrogens (primary N) is 1. The third-order valence-electron chi connectivity index (χ3n) is 3.86. The summed E-state index contributed by atoms with van der Waals surface area (Å²) in [7, 11) is 1.53. The molecule has 2 rings (SSSR count). The second-order valence-electron chi connectivity index (χ2n) is 5.47. The van der Waals surface area contributed by atoms with Gasteiger partial charge in [-0.3, -0.25) is 9.59 Å². The first kappa shape index (κ1) is 15.2. The van der Waals surface area contributed by atoms with E-state index in [2.05, 4.69) is 5.32 Å². The van der Waals surface area contributed by atoms with Gasteiger partial charge in [-0.25, -0.2) is 8.78 Å². The van der Waals surface area contributed by atoms with E-state index >= 15 is 0 Å². The van der Waals surface area contributed by atoms with Gasteiger partial charge in [-0.2, -0.15) is 0 Å². The van der Waals surface area contributed by atoms with Crippen LogP contribution in [0.2, 0.25) is 0 Å². The minimum absolute atomic E-state index is 0.0879. The molecule has 1 aromatic carbocycles. The molecule has 1 heterocycles. The lowest BCUT2D eigenvalue weighted by atomic mass is 9.89. The van der Waals surface area contributed by atoms with Crippen molar-refractivity contribution in [2.75, 3.05) is 25.9 Å². The Balaban J connectivity index is 2.23. The molecule has 114 valence electrons. The standard InChI is InChI=1S/C14H17F2N3O2/c1-14(13(21)18-2)3-4-19(7-14)12(20)8-5-9(15)10(16)6-11(8)17/h5-6H,3-4,7,17H2,1-2H3,(H,18,21). The molecule has 0 aliphatic carbocycles. The van der Waals surface area contributed by atoms with Crippen LogP contribution in [-0.2, 0) is 4.79 Å². The van der Waals surface area contributed by atoms with Gasteiger partial charge in [0.25, 0.3) is 5.91 Å². The van der Waals surface area contributed by atoms with Gasteiger partial charge in [-0.15, -0.1) is 0 Å². The third-order valence-corrected chi connectivity index (χ3v) is 3.86. The first-order valence-corrected chi connectivity index (χ1v) is 6.54. The highest BCUT2D eigenvalue weighted by Gasteiger charge is 2.42. The maximum absolute atomic E-state index is 13.3. The van der Waals surface area contributed by atoms with E-state index in [4.69, 9.17) is 5.73 Å². The molecule has 1 fully saturated rings. The predicted molar refractivity (Wildman–Crippen MR) is 73.5 cm³/mol. The van der Waals surface area contributed by atoms with Crippen molar-refractivity contribution in [1.29, 1.82) is 0 Å². The number of rotatable bonds is 2. The fourth-order valence-corrected chi connectivity index (χ4v) is 2.54. The maximum atomic E-state index is 13.3. The Kier molecular flexibility index (Phi) is 3.85. The second-order valence-corrected chi connectivity index (χ2v) is 5.47. The lowest BCUT2D eigenvalue weighted by molar-refractivity contribution is -0.128. The van der Waals surface area contributed by atoms with Crippen LogP contribution < -0.4 is 11.1 Å². The number of anilines is 1. The second kappa shape index (κ2) is 5.31. The number of amides is 2. The maximum Gasteiger partial charge on any atom is 0.256 e. The molecule has 0 aromatic heterocycles. The molecule has 0 saturated carbocycles. The van der Waals surface area contributed by atoms with Gasteiger partial charge in [-0.1, -0.05) is 0 Å². The molecular weight excluding hydrogens is 280 g/mol. The zero-order valence-corrected chi connectivity index (χ0v) is 11.9. The van der Waals surface area contributed by atoms with Crippen molar-refractivity contribution < 1.29 is 18.4 Å². The highest BCUT2D eigenvalue weighted by atomic mass is 19.2. The molecule has 0 spiro atoms. The lowest BCUT2D eigenvalue weighted by Gasteiger charge is -2.23. The Bertz CT molecular complexity index is 606. The van der Waals surface area contributed by atoms with Crippen molar-refractivity contribution in [2.45, 2.75) is 13.3 Å². The third kappa shape index (κ3) is 2.68. The van der Waals surface area contributed by atoms with E-state index < -0.39 is 23.0 Å². The molecule has 1 saturated heterocycles. The summed E-state index contributed by atoms with van der Waals surface area (Å²) < 4.78 is 26.3. The van der Waals surface area contributed by atoms with E-state index in [9.17, 15) is 18.4 Å². The molecule has 5 nitrogen and oxygen atoms in total. The zero-order chi connectivity index (χ0) is 15.8. The van der Waals surface area contributed by atoms with E-state index in [1.54, 1.807) is 6.92 Å². The number of carbonyl (C=O) groups excluding carboxylic acids is 2. The molecule has 1 aliphatic heterocycles. The summed E-state index contributed by atoms with van der Waals surface area (Å²) in [6, 6.07) is 1.58. The normalized spacial score (nSPS) is 21.4. The first-order chi connectivity index (χ1) is 9.78. The minimum atomic E-state index is -1.12. The Hall–Kier alpha value is -2.18. The number of carbonyl (C=O) groups is 2. The Morgan fingerprint density at radius 2 is 1.95 bits per heavy atom. The van der Waals surface area contributed by atoms with Crippen LogP contribution >= 0.6 is 0 Å². The van der Waals surface area contributed by atoms with Crippen molar-refractivity contribution >= 4 is 17.5 Å². The fraction of sp³-hybridized carbons (Fsp3) is 0.429. The molecule has 0 bridgehead atoms. The monoisotopic (exact) mass is 297 g/mol. The number of nitrogens with one attached hydrogen (secondary N) is 1. The molecule has 7 heteroatoms. The number of hydrogen-bond acceptors (Lipinski definition) is 3. The molecule has 1 unspecified atom stereocenters. The van der Waals surface area contributed by atoms with Crippen LogP contribution in [0.3, 0.4) is 0 Å². The van der Waals surface area contributed by atoms with Gasteiger partial charge in [0.05, 0.1) is 11.0 Å². The van der Waals surface area contributed by atoms with Crippen LogP contribution in [0.15, 0.2) is 12.1 Å². The van der Waals surface area contributed by atoms with Crippen molar-refractivity contribution in [3.8, 4) is 0 Å². The summed E-state index contributed by atoms with van der Waals surface area (Å²) in [5.74, 6) is -2.88. The van der Waals surface area contributed by atoms with Gasteiger partial charge in [0.15, 0.2) is 11.6 Å². The van der Waals surface area contributed by atoms with Crippen LogP contribution in [-0.4, -0.2) is 36.9 Å². The fourth-order valence-electron chi connectivity index (χ4n) is 2.54. The van der Waals surface area contributed by atoms with E-state index in [-0.39, 0.29) is 23.7 Å². The van der Waals surface area contributed by atoms with Crippen LogP contribution in [0, 0.1) is 17.0 Å². The number of nitrogens with zero attached hydrogens (tertiary/aromatic N) is 1. The Labute approximate surface area is 121 Å². The average Bonchev–Trinajstić information content (AvgIpc) is 2.85. The summed E-state index contributed by atoms with van der Waals surface area (Å²) >= 11 is 0. The molecule has 21 heavy (non-hydrogen) atoms. The summed E-state index contributed by atoms with van der Waals surface area (Å²) in [4.78, 5) is 25.6. The van der Waals surface area contributed by atoms with E-state index in [1.165, 1.54) is 11.9 Å². The topological polar surface area (TPSA) is 75.4 Å². The van der Waals surface area contributed by atoms with Gasteiger partial charge >= 0.3 is 0 Å². The van der Waals surface area contributed by atoms with Crippen LogP contribution in [0.4, 0.5) is 14.5 Å². The van der Waals surface area contributed by atoms with Crippen molar-refractivity contribution in [3.63, 3.8) is 0 Å². The summed E-state index contributed by atoms with van der Waals surface area (Å²) in [5.41, 5.74) is 4.69. The van der Waals surface area contributed by atoms with Crippen molar-refractivity contribution in [2.24, 2.45) is 5.41 Å². The summed E-state index contributed by atoms with van der Waals surface area (Å²) in [5, 5.41) is 2.56. The van der Waals surface area contributed by atoms with Gasteiger partial charge < -0.3 is 16.0 Å². The lowest BCUT2D eigenvalue weighted by Crippen LogP contribution is -2.40. The molecule has 3 N–H and O–H groups in total. The molecule has 0 radical (unpaired) electrons. The largest absolute Gasteiger partial charge is 0.398 e. The molecular formula is C14H17F2N3O2. The average molecular weight is 297 g/mol. The van der Waals surface area contributed by atoms with Gasteiger partial charge in [-0.05, 0) is 19.4 Å². The SMILES string of the molecule is CNC(=O)C1(C)CCN(C(=O)c2cc(F)c(F)cc2N)C1. The van der Waals surface area contributed by atoms with Gasteiger partial charge in [0.1, 0.15) is 0 Å². The van der Waals surface area contributed by atoms with Crippen LogP contribution in [0.25, 0.3) is 0 Å². The number of likely N-dealkylation sites (tertiary alicyclic amines) is 1. The molecule has 1 aliphatic rings. The van der Waals surface area contributed by atoms with Crippen molar-refractivity contribution in [1.82, 2.24) is 10.2 Å². The smallest absolute Gasteiger partial charge is 0.256 e. The van der Waals surface area contributed by atoms with E-state index in [0.717, 1.165) is 12.1 Å². The first-order valence-electron chi connectivity index (χ1n) is 6.54. The number of hydrogen-bond donors (Lipinski definition) is 2. The number of halogens is 2. The van der Waals surface area contributed by atoms with E-state index in [1.807, 2.05) is 0 Å². The van der Waals surface area contributed by atoms with Crippen LogP contribution in [0.1, 0.15) is 23.7 Å². The zero-order valence-electron chi connectivity index (χ0n) is 11.9. The quantitative estimate of drug-likeness (QED) is 0.804. The van der Waals surface area contributed by atoms with Crippen LogP contribution in [0.5, 0.6) is 0 Å².